The van der Waals surface area contributed by atoms with E-state index in [2.05, 4.69) is 0 Å². The molecular formula is C34H41NO9. The summed E-state index contributed by atoms with van der Waals surface area (Å²) in [5.41, 5.74) is 2.15. The summed E-state index contributed by atoms with van der Waals surface area (Å²) in [4.78, 5) is 67.8. The van der Waals surface area contributed by atoms with Gasteiger partial charge in [0.25, 0.3) is 0 Å². The number of rotatable bonds is 16. The minimum Gasteiger partial charge on any atom is -0.453 e. The molecule has 0 aromatic heterocycles. The van der Waals surface area contributed by atoms with Crippen molar-refractivity contribution in [1.82, 2.24) is 4.90 Å². The Kier molecular flexibility index (Phi) is 13.0. The SMILES string of the molecule is CC(=O)O[C@H](C(=O)C=C(C(=O)CCCOCCO)c1cccc(C)c1)[C@H](Cc1ccccc1)C(=O)N1C(=O)OC[C@@H]1C(C)C. The highest BCUT2D eigenvalue weighted by Crippen LogP contribution is 2.28. The zero-order valence-corrected chi connectivity index (χ0v) is 25.7. The molecule has 44 heavy (non-hydrogen) atoms. The van der Waals surface area contributed by atoms with Gasteiger partial charge in [0.2, 0.25) is 5.91 Å². The lowest BCUT2D eigenvalue weighted by Gasteiger charge is -2.30. The molecule has 2 aromatic carbocycles. The Morgan fingerprint density at radius 1 is 1.07 bits per heavy atom. The Hall–Kier alpha value is -4.15. The van der Waals surface area contributed by atoms with Gasteiger partial charge >= 0.3 is 12.1 Å². The Bertz CT molecular complexity index is 1350. The third kappa shape index (κ3) is 9.42. The molecule has 0 aliphatic carbocycles. The summed E-state index contributed by atoms with van der Waals surface area (Å²) in [7, 11) is 0. The van der Waals surface area contributed by atoms with Crippen LogP contribution < -0.4 is 0 Å². The van der Waals surface area contributed by atoms with Crippen LogP contribution in [0.1, 0.15) is 50.3 Å². The van der Waals surface area contributed by atoms with Gasteiger partial charge in [0.05, 0.1) is 25.2 Å². The number of aryl methyl sites for hydroxylation is 1. The lowest BCUT2D eigenvalue weighted by atomic mass is 9.87. The van der Waals surface area contributed by atoms with Gasteiger partial charge in [0.1, 0.15) is 6.61 Å². The van der Waals surface area contributed by atoms with E-state index < -0.39 is 41.8 Å². The Morgan fingerprint density at radius 2 is 1.80 bits per heavy atom. The van der Waals surface area contributed by atoms with E-state index in [1.807, 2.05) is 26.8 Å². The summed E-state index contributed by atoms with van der Waals surface area (Å²) in [6.07, 6.45) is -0.920. The number of aliphatic hydroxyl groups excluding tert-OH is 1. The van der Waals surface area contributed by atoms with Crippen molar-refractivity contribution in [3.63, 3.8) is 0 Å². The first-order valence-corrected chi connectivity index (χ1v) is 14.8. The Labute approximate surface area is 258 Å². The molecule has 0 radical (unpaired) electrons. The number of hydrogen-bond donors (Lipinski definition) is 1. The number of esters is 1. The van der Waals surface area contributed by atoms with Crippen LogP contribution in [0.4, 0.5) is 4.79 Å². The molecule has 0 spiro atoms. The Morgan fingerprint density at radius 3 is 2.43 bits per heavy atom. The molecule has 1 fully saturated rings. The molecule has 3 atom stereocenters. The maximum atomic E-state index is 14.1. The Balaban J connectivity index is 2.06. The number of ketones is 2. The van der Waals surface area contributed by atoms with Gasteiger partial charge in [-0.05, 0) is 42.9 Å². The van der Waals surface area contributed by atoms with Crippen LogP contribution in [0.3, 0.4) is 0 Å². The fraction of sp³-hybridized carbons (Fsp3) is 0.441. The topological polar surface area (TPSA) is 137 Å². The third-order valence-corrected chi connectivity index (χ3v) is 7.31. The first-order valence-electron chi connectivity index (χ1n) is 14.8. The molecule has 1 heterocycles. The number of nitrogens with zero attached hydrogens (tertiary/aromatic N) is 1. The highest BCUT2D eigenvalue weighted by Gasteiger charge is 2.46. The van der Waals surface area contributed by atoms with Crippen LogP contribution in [-0.4, -0.2) is 78.1 Å². The van der Waals surface area contributed by atoms with Crippen molar-refractivity contribution in [3.8, 4) is 0 Å². The molecule has 10 nitrogen and oxygen atoms in total. The predicted octanol–water partition coefficient (Wildman–Crippen LogP) is 4.10. The van der Waals surface area contributed by atoms with Gasteiger partial charge in [-0.15, -0.1) is 0 Å². The van der Waals surface area contributed by atoms with Gasteiger partial charge in [-0.25, -0.2) is 9.69 Å². The second kappa shape index (κ2) is 16.6. The largest absolute Gasteiger partial charge is 0.453 e. The van der Waals surface area contributed by atoms with Crippen molar-refractivity contribution in [2.24, 2.45) is 11.8 Å². The minimum atomic E-state index is -1.62. The number of cyclic esters (lactones) is 1. The molecule has 1 aliphatic rings. The zero-order valence-electron chi connectivity index (χ0n) is 25.7. The van der Waals surface area contributed by atoms with Crippen molar-refractivity contribution in [2.75, 3.05) is 26.4 Å². The number of carbonyl (C=O) groups is 5. The van der Waals surface area contributed by atoms with Gasteiger partial charge < -0.3 is 19.3 Å². The molecule has 2 amide bonds. The lowest BCUT2D eigenvalue weighted by Crippen LogP contribution is -2.50. The fourth-order valence-electron chi connectivity index (χ4n) is 5.07. The summed E-state index contributed by atoms with van der Waals surface area (Å²) in [6.45, 7) is 6.96. The molecular weight excluding hydrogens is 566 g/mol. The van der Waals surface area contributed by atoms with E-state index >= 15 is 0 Å². The van der Waals surface area contributed by atoms with E-state index in [1.165, 1.54) is 0 Å². The van der Waals surface area contributed by atoms with Crippen molar-refractivity contribution in [1.29, 1.82) is 0 Å². The number of imide groups is 1. The molecule has 1 saturated heterocycles. The fourth-order valence-corrected chi connectivity index (χ4v) is 5.07. The van der Waals surface area contributed by atoms with Gasteiger partial charge in [-0.3, -0.25) is 19.2 Å². The van der Waals surface area contributed by atoms with E-state index in [0.29, 0.717) is 17.5 Å². The minimum absolute atomic E-state index is 0.0122. The number of ether oxygens (including phenoxy) is 3. The first-order chi connectivity index (χ1) is 21.0. The molecule has 0 unspecified atom stereocenters. The number of Topliss-reactive ketones (excluding diaryl/α,β-unsaturated/α-hetero) is 1. The van der Waals surface area contributed by atoms with Crippen LogP contribution in [-0.2, 0) is 39.8 Å². The summed E-state index contributed by atoms with van der Waals surface area (Å²) in [5.74, 6) is -4.00. The van der Waals surface area contributed by atoms with Crippen LogP contribution >= 0.6 is 0 Å². The van der Waals surface area contributed by atoms with Crippen LogP contribution in [0.2, 0.25) is 0 Å². The summed E-state index contributed by atoms with van der Waals surface area (Å²) >= 11 is 0. The maximum absolute atomic E-state index is 14.1. The van der Waals surface area contributed by atoms with Crippen molar-refractivity contribution >= 4 is 35.1 Å². The standard InChI is InChI=1S/C34H41NO9/c1-22(2)29-21-43-34(41)35(29)33(40)28(19-25-11-6-5-7-12-25)32(44-24(4)37)31(39)20-27(26-13-8-10-23(3)18-26)30(38)14-9-16-42-17-15-36/h5-8,10-13,18,20,22,28-29,32,36H,9,14-17,19,21H2,1-4H3/t28-,29+,32-/m0/s1. The van der Waals surface area contributed by atoms with Crippen LogP contribution in [0, 0.1) is 18.8 Å². The maximum Gasteiger partial charge on any atom is 0.416 e. The van der Waals surface area contributed by atoms with Crippen molar-refractivity contribution in [3.05, 3.63) is 77.4 Å². The van der Waals surface area contributed by atoms with Crippen molar-refractivity contribution < 1.29 is 43.3 Å². The molecule has 0 bridgehead atoms. The average Bonchev–Trinajstić information content (AvgIpc) is 3.39. The zero-order chi connectivity index (χ0) is 32.2. The van der Waals surface area contributed by atoms with E-state index in [-0.39, 0.29) is 56.5 Å². The highest BCUT2D eigenvalue weighted by molar-refractivity contribution is 6.25. The number of benzene rings is 2. The smallest absolute Gasteiger partial charge is 0.416 e. The average molecular weight is 608 g/mol. The first kappa shape index (κ1) is 34.3. The monoisotopic (exact) mass is 607 g/mol. The van der Waals surface area contributed by atoms with Crippen LogP contribution in [0.5, 0.6) is 0 Å². The molecule has 3 rings (SSSR count). The van der Waals surface area contributed by atoms with Gasteiger partial charge in [0, 0.05) is 25.5 Å². The summed E-state index contributed by atoms with van der Waals surface area (Å²) in [5, 5.41) is 8.93. The van der Waals surface area contributed by atoms with E-state index in [0.717, 1.165) is 23.5 Å². The molecule has 1 N–H and O–H groups in total. The normalized spacial score (nSPS) is 16.4. The van der Waals surface area contributed by atoms with E-state index in [9.17, 15) is 24.0 Å². The number of hydrogen-bond acceptors (Lipinski definition) is 9. The molecule has 0 saturated carbocycles. The number of aliphatic hydroxyl groups is 1. The number of allylic oxidation sites excluding steroid dienone is 1. The van der Waals surface area contributed by atoms with E-state index in [1.54, 1.807) is 48.5 Å². The lowest BCUT2D eigenvalue weighted by molar-refractivity contribution is -0.159. The van der Waals surface area contributed by atoms with Crippen LogP contribution in [0.15, 0.2) is 60.7 Å². The van der Waals surface area contributed by atoms with Crippen molar-refractivity contribution in [2.45, 2.75) is 59.1 Å². The predicted molar refractivity (Wildman–Crippen MR) is 162 cm³/mol. The van der Waals surface area contributed by atoms with E-state index in [4.69, 9.17) is 19.3 Å². The quantitative estimate of drug-likeness (QED) is 0.170. The summed E-state index contributed by atoms with van der Waals surface area (Å²) in [6, 6.07) is 15.4. The number of carbonyl (C=O) groups excluding carboxylic acids is 5. The van der Waals surface area contributed by atoms with Gasteiger partial charge in [-0.2, -0.15) is 0 Å². The second-order valence-corrected chi connectivity index (χ2v) is 11.1. The third-order valence-electron chi connectivity index (χ3n) is 7.31. The molecule has 1 aliphatic heterocycles. The summed E-state index contributed by atoms with van der Waals surface area (Å²) < 4.78 is 16.0. The van der Waals surface area contributed by atoms with Crippen LogP contribution in [0.25, 0.3) is 5.57 Å². The molecule has 236 valence electrons. The molecule has 2 aromatic rings. The number of amides is 2. The van der Waals surface area contributed by atoms with Gasteiger partial charge in [-0.1, -0.05) is 74.0 Å². The highest BCUT2D eigenvalue weighted by atomic mass is 16.6. The van der Waals surface area contributed by atoms with Gasteiger partial charge in [0.15, 0.2) is 17.7 Å². The second-order valence-electron chi connectivity index (χ2n) is 11.1. The molecule has 10 heteroatoms.